The lowest BCUT2D eigenvalue weighted by molar-refractivity contribution is -0.118. The van der Waals surface area contributed by atoms with E-state index in [2.05, 4.69) is 23.1 Å². The summed E-state index contributed by atoms with van der Waals surface area (Å²) in [5, 5.41) is 3.69. The van der Waals surface area contributed by atoms with Crippen molar-refractivity contribution in [3.05, 3.63) is 71.2 Å². The van der Waals surface area contributed by atoms with Crippen molar-refractivity contribution in [3.63, 3.8) is 0 Å². The Hall–Kier alpha value is -2.51. The fourth-order valence-electron chi connectivity index (χ4n) is 4.31. The van der Waals surface area contributed by atoms with Gasteiger partial charge in [-0.3, -0.25) is 14.6 Å². The third kappa shape index (κ3) is 5.20. The highest BCUT2D eigenvalue weighted by Crippen LogP contribution is 2.31. The Morgan fingerprint density at radius 3 is 2.79 bits per heavy atom. The van der Waals surface area contributed by atoms with Crippen LogP contribution < -0.4 is 4.90 Å². The molecule has 0 aliphatic carbocycles. The topological polar surface area (TPSA) is 45.7 Å². The number of ether oxygens (including phenoxy) is 1. The minimum absolute atomic E-state index is 0.0680. The maximum absolute atomic E-state index is 13.6. The molecule has 2 heterocycles. The van der Waals surface area contributed by atoms with Crippen molar-refractivity contribution in [1.29, 1.82) is 0 Å². The lowest BCUT2D eigenvalue weighted by Gasteiger charge is -2.27. The minimum Gasteiger partial charge on any atom is -0.379 e. The maximum Gasteiger partial charge on any atom is 0.233 e. The number of amides is 1. The number of halogens is 1. The van der Waals surface area contributed by atoms with Gasteiger partial charge in [0.05, 0.1) is 29.9 Å². The number of carbonyl (C=O) groups excluding carboxylic acids is 1. The molecule has 5 rings (SSSR count). The van der Waals surface area contributed by atoms with Crippen molar-refractivity contribution >= 4 is 55.0 Å². The highest BCUT2D eigenvalue weighted by Gasteiger charge is 2.21. The van der Waals surface area contributed by atoms with E-state index in [1.807, 2.05) is 47.4 Å². The molecule has 170 valence electrons. The van der Waals surface area contributed by atoms with Crippen LogP contribution in [0.3, 0.4) is 0 Å². The van der Waals surface area contributed by atoms with E-state index >= 15 is 0 Å². The number of anilines is 1. The minimum atomic E-state index is 0.0680. The van der Waals surface area contributed by atoms with Crippen LogP contribution in [0.15, 0.2) is 60.7 Å². The molecule has 4 aromatic rings. The summed E-state index contributed by atoms with van der Waals surface area (Å²) in [6.07, 6.45) is 1.23. The van der Waals surface area contributed by atoms with Crippen molar-refractivity contribution in [2.75, 3.05) is 44.3 Å². The van der Waals surface area contributed by atoms with Gasteiger partial charge in [0.2, 0.25) is 5.91 Å². The van der Waals surface area contributed by atoms with Gasteiger partial charge in [-0.05, 0) is 41.0 Å². The number of morpholine rings is 1. The lowest BCUT2D eigenvalue weighted by Crippen LogP contribution is -2.39. The molecule has 1 aliphatic heterocycles. The summed E-state index contributed by atoms with van der Waals surface area (Å²) in [7, 11) is 0. The van der Waals surface area contributed by atoms with E-state index in [4.69, 9.17) is 21.3 Å². The number of nitrogens with zero attached hydrogens (tertiary/aromatic N) is 3. The molecular formula is C26H26ClN3O2S. The lowest BCUT2D eigenvalue weighted by atomic mass is 10.0. The second kappa shape index (κ2) is 10.2. The van der Waals surface area contributed by atoms with E-state index < -0.39 is 0 Å². The van der Waals surface area contributed by atoms with Crippen LogP contribution in [-0.4, -0.2) is 55.2 Å². The smallest absolute Gasteiger partial charge is 0.233 e. The fourth-order valence-corrected chi connectivity index (χ4v) is 5.60. The molecule has 7 heteroatoms. The van der Waals surface area contributed by atoms with Crippen LogP contribution in [0.4, 0.5) is 5.13 Å². The summed E-state index contributed by atoms with van der Waals surface area (Å²) in [6, 6.07) is 20.0. The van der Waals surface area contributed by atoms with Gasteiger partial charge in [-0.2, -0.15) is 0 Å². The van der Waals surface area contributed by atoms with Crippen LogP contribution in [0.2, 0.25) is 5.02 Å². The maximum atomic E-state index is 13.6. The van der Waals surface area contributed by atoms with E-state index in [1.54, 1.807) is 0 Å². The van der Waals surface area contributed by atoms with Crippen LogP contribution in [0.1, 0.15) is 12.0 Å². The molecule has 3 aromatic carbocycles. The van der Waals surface area contributed by atoms with E-state index in [9.17, 15) is 4.79 Å². The number of rotatable bonds is 7. The second-order valence-electron chi connectivity index (χ2n) is 8.28. The molecule has 1 amide bonds. The van der Waals surface area contributed by atoms with Gasteiger partial charge < -0.3 is 4.74 Å². The Morgan fingerprint density at radius 2 is 1.91 bits per heavy atom. The van der Waals surface area contributed by atoms with Crippen molar-refractivity contribution in [1.82, 2.24) is 9.88 Å². The summed E-state index contributed by atoms with van der Waals surface area (Å²) in [6.45, 7) is 5.03. The standard InChI is InChI=1S/C26H26ClN3O2S/c27-21-9-10-23-24(18-21)33-26(28-23)30(12-4-11-29-13-15-32-16-14-29)25(31)17-20-7-3-6-19-5-1-2-8-22(19)20/h1-3,5-10,18H,4,11-17H2. The molecule has 1 fully saturated rings. The molecule has 33 heavy (non-hydrogen) atoms. The first-order chi connectivity index (χ1) is 16.2. The van der Waals surface area contributed by atoms with Crippen molar-refractivity contribution < 1.29 is 9.53 Å². The zero-order chi connectivity index (χ0) is 22.6. The number of carbonyl (C=O) groups is 1. The first kappa shape index (κ1) is 22.3. The highest BCUT2D eigenvalue weighted by molar-refractivity contribution is 7.22. The molecule has 1 saturated heterocycles. The number of hydrogen-bond donors (Lipinski definition) is 0. The second-order valence-corrected chi connectivity index (χ2v) is 9.72. The van der Waals surface area contributed by atoms with E-state index in [0.29, 0.717) is 18.0 Å². The average molecular weight is 480 g/mol. The summed E-state index contributed by atoms with van der Waals surface area (Å²) in [4.78, 5) is 22.7. The summed E-state index contributed by atoms with van der Waals surface area (Å²) in [5.41, 5.74) is 1.91. The molecule has 0 bridgehead atoms. The molecule has 0 unspecified atom stereocenters. The van der Waals surface area contributed by atoms with Gasteiger partial charge in [0, 0.05) is 31.2 Å². The van der Waals surface area contributed by atoms with Crippen molar-refractivity contribution in [2.24, 2.45) is 0 Å². The average Bonchev–Trinajstić information content (AvgIpc) is 3.25. The molecule has 0 spiro atoms. The Labute approximate surface area is 202 Å². The number of fused-ring (bicyclic) bond motifs is 2. The van der Waals surface area contributed by atoms with Gasteiger partial charge in [0.1, 0.15) is 0 Å². The summed E-state index contributed by atoms with van der Waals surface area (Å²) in [5.74, 6) is 0.0680. The number of thiazole rings is 1. The first-order valence-corrected chi connectivity index (χ1v) is 12.5. The van der Waals surface area contributed by atoms with Crippen LogP contribution in [-0.2, 0) is 16.0 Å². The van der Waals surface area contributed by atoms with Crippen LogP contribution in [0.25, 0.3) is 21.0 Å². The van der Waals surface area contributed by atoms with Crippen molar-refractivity contribution in [3.8, 4) is 0 Å². The molecule has 0 saturated carbocycles. The van der Waals surface area contributed by atoms with Gasteiger partial charge in [-0.15, -0.1) is 0 Å². The third-order valence-corrected chi connectivity index (χ3v) is 7.33. The fraction of sp³-hybridized carbons (Fsp3) is 0.308. The normalized spacial score (nSPS) is 14.7. The zero-order valence-corrected chi connectivity index (χ0v) is 19.9. The van der Waals surface area contributed by atoms with E-state index in [1.165, 1.54) is 11.3 Å². The molecule has 0 radical (unpaired) electrons. The molecule has 1 aromatic heterocycles. The first-order valence-electron chi connectivity index (χ1n) is 11.3. The number of hydrogen-bond acceptors (Lipinski definition) is 5. The van der Waals surface area contributed by atoms with Crippen molar-refractivity contribution in [2.45, 2.75) is 12.8 Å². The van der Waals surface area contributed by atoms with Gasteiger partial charge in [0.15, 0.2) is 5.13 Å². The highest BCUT2D eigenvalue weighted by atomic mass is 35.5. The Morgan fingerprint density at radius 1 is 1.09 bits per heavy atom. The zero-order valence-electron chi connectivity index (χ0n) is 18.4. The van der Waals surface area contributed by atoms with Gasteiger partial charge in [-0.1, -0.05) is 65.4 Å². The molecule has 0 N–H and O–H groups in total. The SMILES string of the molecule is O=C(Cc1cccc2ccccc12)N(CCCN1CCOCC1)c1nc2ccc(Cl)cc2s1. The van der Waals surface area contributed by atoms with Gasteiger partial charge in [-0.25, -0.2) is 4.98 Å². The molecular weight excluding hydrogens is 454 g/mol. The molecule has 1 aliphatic rings. The van der Waals surface area contributed by atoms with Gasteiger partial charge in [0.25, 0.3) is 0 Å². The predicted octanol–water partition coefficient (Wildman–Crippen LogP) is 5.40. The number of benzene rings is 3. The van der Waals surface area contributed by atoms with E-state index in [0.717, 1.165) is 71.0 Å². The van der Waals surface area contributed by atoms with Crippen LogP contribution in [0.5, 0.6) is 0 Å². The molecule has 5 nitrogen and oxygen atoms in total. The number of aromatic nitrogens is 1. The van der Waals surface area contributed by atoms with Gasteiger partial charge >= 0.3 is 0 Å². The quantitative estimate of drug-likeness (QED) is 0.356. The monoisotopic (exact) mass is 479 g/mol. The van der Waals surface area contributed by atoms with Crippen LogP contribution >= 0.6 is 22.9 Å². The predicted molar refractivity (Wildman–Crippen MR) is 137 cm³/mol. The Bertz CT molecular complexity index is 1260. The van der Waals surface area contributed by atoms with Crippen LogP contribution in [0, 0.1) is 0 Å². The van der Waals surface area contributed by atoms with E-state index in [-0.39, 0.29) is 5.91 Å². The molecule has 0 atom stereocenters. The summed E-state index contributed by atoms with van der Waals surface area (Å²) < 4.78 is 6.45. The largest absolute Gasteiger partial charge is 0.379 e. The summed E-state index contributed by atoms with van der Waals surface area (Å²) >= 11 is 7.71. The Balaban J connectivity index is 1.39. The Kier molecular flexibility index (Phi) is 6.88. The third-order valence-electron chi connectivity index (χ3n) is 6.05.